The number of methoxy groups -OCH3 is 1. The normalized spacial score (nSPS) is 11.3. The molecule has 0 aliphatic rings. The molecule has 0 amide bonds. The van der Waals surface area contributed by atoms with Crippen LogP contribution in [0.5, 0.6) is 5.75 Å². The van der Waals surface area contributed by atoms with Crippen molar-refractivity contribution >= 4 is 34.4 Å². The second-order valence-electron chi connectivity index (χ2n) is 6.47. The minimum Gasteiger partial charge on any atom is -0.497 e. The van der Waals surface area contributed by atoms with Crippen LogP contribution in [0.1, 0.15) is 19.2 Å². The summed E-state index contributed by atoms with van der Waals surface area (Å²) in [7, 11) is 1.68. The summed E-state index contributed by atoms with van der Waals surface area (Å²) < 4.78 is 13.4. The minimum absolute atomic E-state index is 0.505. The van der Waals surface area contributed by atoms with Crippen molar-refractivity contribution in [1.82, 2.24) is 19.7 Å². The van der Waals surface area contributed by atoms with E-state index in [0.717, 1.165) is 53.3 Å². The molecule has 4 rings (SSSR count). The Hall–Kier alpha value is -2.51. The highest BCUT2D eigenvalue weighted by molar-refractivity contribution is 7.99. The quantitative estimate of drug-likeness (QED) is 0.273. The molecule has 29 heavy (non-hydrogen) atoms. The lowest BCUT2D eigenvalue weighted by atomic mass is 10.2. The van der Waals surface area contributed by atoms with Crippen LogP contribution in [0.4, 0.5) is 0 Å². The van der Waals surface area contributed by atoms with E-state index < -0.39 is 0 Å². The van der Waals surface area contributed by atoms with Crippen molar-refractivity contribution in [1.29, 1.82) is 0 Å². The summed E-state index contributed by atoms with van der Waals surface area (Å²) in [5.74, 6) is 3.30. The molecule has 0 fully saturated rings. The molecule has 0 spiro atoms. The van der Waals surface area contributed by atoms with Crippen LogP contribution in [-0.2, 0) is 13.0 Å². The van der Waals surface area contributed by atoms with Gasteiger partial charge in [0.05, 0.1) is 18.1 Å². The van der Waals surface area contributed by atoms with Gasteiger partial charge in [-0.05, 0) is 42.8 Å². The Balaban J connectivity index is 1.39. The molecule has 2 aromatic carbocycles. The summed E-state index contributed by atoms with van der Waals surface area (Å²) >= 11 is 7.48. The zero-order valence-corrected chi connectivity index (χ0v) is 17.8. The van der Waals surface area contributed by atoms with Gasteiger partial charge < -0.3 is 13.7 Å². The number of fused-ring (bicyclic) bond motifs is 1. The lowest BCUT2D eigenvalue weighted by molar-refractivity contribution is 0.415. The first kappa shape index (κ1) is 19.8. The van der Waals surface area contributed by atoms with Crippen LogP contribution in [0.15, 0.2) is 52.1 Å². The Morgan fingerprint density at radius 3 is 2.72 bits per heavy atom. The van der Waals surface area contributed by atoms with Gasteiger partial charge in [-0.25, -0.2) is 4.98 Å². The van der Waals surface area contributed by atoms with Gasteiger partial charge in [-0.3, -0.25) is 0 Å². The van der Waals surface area contributed by atoms with E-state index in [1.807, 2.05) is 42.5 Å². The van der Waals surface area contributed by atoms with Crippen LogP contribution < -0.4 is 4.74 Å². The number of ether oxygens (including phenoxy) is 1. The fourth-order valence-electron chi connectivity index (χ4n) is 3.16. The average Bonchev–Trinajstić information content (AvgIpc) is 3.35. The molecule has 8 heteroatoms. The molecule has 0 aliphatic carbocycles. The molecule has 2 aromatic heterocycles. The van der Waals surface area contributed by atoms with Crippen molar-refractivity contribution in [3.63, 3.8) is 0 Å². The monoisotopic (exact) mass is 428 g/mol. The summed E-state index contributed by atoms with van der Waals surface area (Å²) in [6.45, 7) is 3.00. The Bertz CT molecular complexity index is 1110. The van der Waals surface area contributed by atoms with E-state index in [1.165, 1.54) is 0 Å². The number of benzene rings is 2. The van der Waals surface area contributed by atoms with Crippen molar-refractivity contribution in [2.75, 3.05) is 12.9 Å². The highest BCUT2D eigenvalue weighted by Gasteiger charge is 2.12. The lowest BCUT2D eigenvalue weighted by Crippen LogP contribution is -2.04. The number of thioether (sulfide) groups is 1. The van der Waals surface area contributed by atoms with Gasteiger partial charge in [0, 0.05) is 35.4 Å². The number of rotatable bonds is 8. The van der Waals surface area contributed by atoms with Crippen LogP contribution in [0, 0.1) is 0 Å². The highest BCUT2D eigenvalue weighted by atomic mass is 35.5. The molecule has 6 nitrogen and oxygen atoms in total. The van der Waals surface area contributed by atoms with Crippen LogP contribution >= 0.6 is 23.4 Å². The summed E-state index contributed by atoms with van der Waals surface area (Å²) in [4.78, 5) is 4.74. The number of halogens is 1. The minimum atomic E-state index is 0.505. The summed E-state index contributed by atoms with van der Waals surface area (Å²) in [6, 6.07) is 13.4. The van der Waals surface area contributed by atoms with Crippen LogP contribution in [0.3, 0.4) is 0 Å². The predicted molar refractivity (Wildman–Crippen MR) is 116 cm³/mol. The largest absolute Gasteiger partial charge is 0.497 e. The molecule has 2 heterocycles. The van der Waals surface area contributed by atoms with Crippen molar-refractivity contribution in [3.8, 4) is 17.2 Å². The third kappa shape index (κ3) is 4.41. The maximum Gasteiger partial charge on any atom is 0.276 e. The number of hydrogen-bond donors (Lipinski definition) is 0. The van der Waals surface area contributed by atoms with E-state index in [2.05, 4.69) is 21.7 Å². The third-order valence-corrected chi connectivity index (χ3v) is 5.76. The van der Waals surface area contributed by atoms with E-state index in [-0.39, 0.29) is 0 Å². The summed E-state index contributed by atoms with van der Waals surface area (Å²) in [5, 5.41) is 9.51. The Morgan fingerprint density at radius 2 is 1.97 bits per heavy atom. The third-order valence-electron chi connectivity index (χ3n) is 4.60. The van der Waals surface area contributed by atoms with Gasteiger partial charge in [-0.2, -0.15) is 0 Å². The van der Waals surface area contributed by atoms with E-state index >= 15 is 0 Å². The zero-order chi connectivity index (χ0) is 20.2. The lowest BCUT2D eigenvalue weighted by Gasteiger charge is -2.08. The smallest absolute Gasteiger partial charge is 0.276 e. The summed E-state index contributed by atoms with van der Waals surface area (Å²) in [6.07, 6.45) is 1.84. The molecule has 0 radical (unpaired) electrons. The standard InChI is InChI=1S/C21H21ClN4O2S/c1-3-19-23-17-10-9-16(27-2)13-18(17)26(19)11-4-12-29-21-25-24-20(28-21)14-5-7-15(22)8-6-14/h5-10,13H,3-4,11-12H2,1-2H3. The molecule has 150 valence electrons. The Morgan fingerprint density at radius 1 is 1.14 bits per heavy atom. The first-order valence-corrected chi connectivity index (χ1v) is 10.8. The Kier molecular flexibility index (Phi) is 6.06. The molecule has 0 unspecified atom stereocenters. The molecule has 0 N–H and O–H groups in total. The van der Waals surface area contributed by atoms with Gasteiger partial charge in [0.1, 0.15) is 11.6 Å². The van der Waals surface area contributed by atoms with E-state index in [0.29, 0.717) is 16.1 Å². The second-order valence-corrected chi connectivity index (χ2v) is 7.95. The maximum atomic E-state index is 5.92. The Labute approximate surface area is 178 Å². The number of imidazole rings is 1. The molecule has 4 aromatic rings. The van der Waals surface area contributed by atoms with E-state index in [9.17, 15) is 0 Å². The molecule has 0 saturated carbocycles. The maximum absolute atomic E-state index is 5.92. The first-order valence-electron chi connectivity index (χ1n) is 9.43. The molecule has 0 bridgehead atoms. The molecular weight excluding hydrogens is 408 g/mol. The fraction of sp³-hybridized carbons (Fsp3) is 0.286. The van der Waals surface area contributed by atoms with Gasteiger partial charge >= 0.3 is 0 Å². The van der Waals surface area contributed by atoms with Gasteiger partial charge in [-0.15, -0.1) is 10.2 Å². The van der Waals surface area contributed by atoms with Crippen molar-refractivity contribution in [3.05, 3.63) is 53.3 Å². The molecule has 0 atom stereocenters. The number of aryl methyl sites for hydroxylation is 2. The van der Waals surface area contributed by atoms with Gasteiger partial charge in [0.15, 0.2) is 0 Å². The van der Waals surface area contributed by atoms with E-state index in [1.54, 1.807) is 18.9 Å². The van der Waals surface area contributed by atoms with Gasteiger partial charge in [0.25, 0.3) is 5.22 Å². The number of nitrogens with zero attached hydrogens (tertiary/aromatic N) is 4. The van der Waals surface area contributed by atoms with E-state index in [4.69, 9.17) is 25.7 Å². The van der Waals surface area contributed by atoms with Crippen molar-refractivity contribution < 1.29 is 9.15 Å². The molecule has 0 aliphatic heterocycles. The molecular formula is C21H21ClN4O2S. The topological polar surface area (TPSA) is 66.0 Å². The van der Waals surface area contributed by atoms with Crippen molar-refractivity contribution in [2.24, 2.45) is 0 Å². The van der Waals surface area contributed by atoms with Gasteiger partial charge in [-0.1, -0.05) is 30.3 Å². The average molecular weight is 429 g/mol. The zero-order valence-electron chi connectivity index (χ0n) is 16.3. The van der Waals surface area contributed by atoms with Crippen LogP contribution in [0.2, 0.25) is 5.02 Å². The first-order chi connectivity index (χ1) is 14.2. The SMILES string of the molecule is CCc1nc2ccc(OC)cc2n1CCCSc1nnc(-c2ccc(Cl)cc2)o1. The van der Waals surface area contributed by atoms with Crippen LogP contribution in [-0.4, -0.2) is 32.6 Å². The summed E-state index contributed by atoms with van der Waals surface area (Å²) in [5.41, 5.74) is 2.97. The molecule has 0 saturated heterocycles. The second kappa shape index (κ2) is 8.88. The van der Waals surface area contributed by atoms with Crippen LogP contribution in [0.25, 0.3) is 22.5 Å². The number of aromatic nitrogens is 4. The highest BCUT2D eigenvalue weighted by Crippen LogP contribution is 2.26. The number of hydrogen-bond acceptors (Lipinski definition) is 6. The fourth-order valence-corrected chi connectivity index (χ4v) is 3.97. The predicted octanol–water partition coefficient (Wildman–Crippen LogP) is 5.49. The van der Waals surface area contributed by atoms with Crippen molar-refractivity contribution in [2.45, 2.75) is 31.5 Å². The van der Waals surface area contributed by atoms with Gasteiger partial charge in [0.2, 0.25) is 5.89 Å².